The molecule has 0 atom stereocenters. The molecule has 2 aromatic carbocycles. The van der Waals surface area contributed by atoms with E-state index >= 15 is 0 Å². The molecule has 3 rings (SSSR count). The summed E-state index contributed by atoms with van der Waals surface area (Å²) in [5.41, 5.74) is 0.504. The van der Waals surface area contributed by atoms with Gasteiger partial charge in [-0.05, 0) is 30.3 Å². The summed E-state index contributed by atoms with van der Waals surface area (Å²) in [7, 11) is 0. The second-order valence-corrected chi connectivity index (χ2v) is 6.45. The van der Waals surface area contributed by atoms with Gasteiger partial charge in [0, 0.05) is 30.4 Å². The average Bonchev–Trinajstić information content (AvgIpc) is 2.70. The van der Waals surface area contributed by atoms with Crippen LogP contribution in [0.25, 0.3) is 0 Å². The van der Waals surface area contributed by atoms with Crippen molar-refractivity contribution in [2.24, 2.45) is 0 Å². The zero-order valence-electron chi connectivity index (χ0n) is 14.9. The first kappa shape index (κ1) is 20.7. The van der Waals surface area contributed by atoms with Gasteiger partial charge in [0.15, 0.2) is 0 Å². The fraction of sp³-hybridized carbons (Fsp3) is 0.278. The van der Waals surface area contributed by atoms with Gasteiger partial charge in [-0.15, -0.1) is 0 Å². The molecule has 1 N–H and O–H groups in total. The maximum absolute atomic E-state index is 12.5. The maximum Gasteiger partial charge on any atom is 0.387 e. The highest BCUT2D eigenvalue weighted by Gasteiger charge is 2.23. The number of carbonyl (C=O) groups excluding carboxylic acids is 1. The molecule has 2 aromatic rings. The lowest BCUT2D eigenvalue weighted by molar-refractivity contribution is -0.384. The van der Waals surface area contributed by atoms with Crippen molar-refractivity contribution in [3.63, 3.8) is 0 Å². The molecule has 154 valence electrons. The van der Waals surface area contributed by atoms with E-state index in [0.717, 1.165) is 0 Å². The lowest BCUT2D eigenvalue weighted by atomic mass is 10.1. The highest BCUT2D eigenvalue weighted by molar-refractivity contribution is 6.32. The summed E-state index contributed by atoms with van der Waals surface area (Å²) in [6.07, 6.45) is 0. The number of halogens is 3. The molecule has 8 nitrogen and oxygen atoms in total. The van der Waals surface area contributed by atoms with E-state index in [0.29, 0.717) is 32.0 Å². The van der Waals surface area contributed by atoms with E-state index in [4.69, 9.17) is 16.3 Å². The van der Waals surface area contributed by atoms with Crippen molar-refractivity contribution in [3.8, 4) is 5.75 Å². The number of amides is 1. The van der Waals surface area contributed by atoms with Gasteiger partial charge in [-0.3, -0.25) is 14.9 Å². The van der Waals surface area contributed by atoms with Gasteiger partial charge in [0.1, 0.15) is 11.4 Å². The molecule has 0 spiro atoms. The number of anilines is 2. The first-order valence-corrected chi connectivity index (χ1v) is 8.90. The minimum atomic E-state index is -3.03. The minimum absolute atomic E-state index is 0.0674. The Hall–Kier alpha value is -2.98. The van der Waals surface area contributed by atoms with Crippen molar-refractivity contribution < 1.29 is 28.0 Å². The zero-order valence-corrected chi connectivity index (χ0v) is 15.7. The van der Waals surface area contributed by atoms with Crippen LogP contribution < -0.4 is 15.0 Å². The van der Waals surface area contributed by atoms with Crippen LogP contribution in [-0.4, -0.2) is 43.7 Å². The van der Waals surface area contributed by atoms with Crippen LogP contribution in [0, 0.1) is 10.1 Å². The van der Waals surface area contributed by atoms with E-state index in [1.807, 2.05) is 4.90 Å². The van der Waals surface area contributed by atoms with Crippen LogP contribution in [0.4, 0.5) is 25.8 Å². The van der Waals surface area contributed by atoms with Crippen molar-refractivity contribution in [2.75, 3.05) is 36.5 Å². The molecule has 0 aliphatic carbocycles. The highest BCUT2D eigenvalue weighted by atomic mass is 35.5. The Kier molecular flexibility index (Phi) is 6.45. The minimum Gasteiger partial charge on any atom is -0.433 e. The van der Waals surface area contributed by atoms with Crippen molar-refractivity contribution >= 4 is 34.6 Å². The van der Waals surface area contributed by atoms with Crippen LogP contribution in [0.1, 0.15) is 10.4 Å². The molecule has 1 aliphatic rings. The lowest BCUT2D eigenvalue weighted by Gasteiger charge is -2.28. The molecule has 0 saturated carbocycles. The van der Waals surface area contributed by atoms with Crippen LogP contribution in [0.2, 0.25) is 5.02 Å². The van der Waals surface area contributed by atoms with Crippen molar-refractivity contribution in [1.82, 2.24) is 0 Å². The molecule has 0 unspecified atom stereocenters. The summed E-state index contributed by atoms with van der Waals surface area (Å²) in [5.74, 6) is -0.842. The SMILES string of the molecule is O=C(Nc1ccc(OC(F)F)c(Cl)c1)c1ccc(N2CCOCC2)c([N+](=O)[O-])c1. The number of nitro benzene ring substituents is 1. The smallest absolute Gasteiger partial charge is 0.387 e. The van der Waals surface area contributed by atoms with Crippen LogP contribution in [0.3, 0.4) is 0 Å². The van der Waals surface area contributed by atoms with E-state index in [9.17, 15) is 23.7 Å². The number of alkyl halides is 2. The van der Waals surface area contributed by atoms with Crippen molar-refractivity contribution in [3.05, 3.63) is 57.1 Å². The summed E-state index contributed by atoms with van der Waals surface area (Å²) in [4.78, 5) is 25.3. The summed E-state index contributed by atoms with van der Waals surface area (Å²) in [6.45, 7) is -1.08. The molecule has 29 heavy (non-hydrogen) atoms. The fourth-order valence-electron chi connectivity index (χ4n) is 2.86. The third-order valence-corrected chi connectivity index (χ3v) is 4.49. The normalized spacial score (nSPS) is 14.0. The molecular formula is C18H16ClF2N3O5. The summed E-state index contributed by atoms with van der Waals surface area (Å²) >= 11 is 5.86. The number of hydrogen-bond acceptors (Lipinski definition) is 6. The Labute approximate surface area is 169 Å². The fourth-order valence-corrected chi connectivity index (χ4v) is 3.08. The largest absolute Gasteiger partial charge is 0.433 e. The number of benzene rings is 2. The number of carbonyl (C=O) groups is 1. The van der Waals surface area contributed by atoms with Gasteiger partial charge in [0.25, 0.3) is 11.6 Å². The molecule has 1 heterocycles. The Balaban J connectivity index is 1.79. The second kappa shape index (κ2) is 9.01. The van der Waals surface area contributed by atoms with Gasteiger partial charge >= 0.3 is 6.61 Å². The number of nitro groups is 1. The number of rotatable bonds is 6. The molecule has 1 fully saturated rings. The number of nitrogens with one attached hydrogen (secondary N) is 1. The molecular weight excluding hydrogens is 412 g/mol. The van der Waals surface area contributed by atoms with Crippen LogP contribution in [0.15, 0.2) is 36.4 Å². The lowest BCUT2D eigenvalue weighted by Crippen LogP contribution is -2.36. The second-order valence-electron chi connectivity index (χ2n) is 6.04. The quantitative estimate of drug-likeness (QED) is 0.554. The Morgan fingerprint density at radius 3 is 2.59 bits per heavy atom. The van der Waals surface area contributed by atoms with E-state index < -0.39 is 17.4 Å². The van der Waals surface area contributed by atoms with Gasteiger partial charge < -0.3 is 19.7 Å². The first-order valence-electron chi connectivity index (χ1n) is 8.52. The molecule has 0 bridgehead atoms. The van der Waals surface area contributed by atoms with E-state index in [-0.39, 0.29) is 27.7 Å². The molecule has 1 saturated heterocycles. The van der Waals surface area contributed by atoms with Crippen LogP contribution >= 0.6 is 11.6 Å². The molecule has 1 amide bonds. The third-order valence-electron chi connectivity index (χ3n) is 4.19. The summed E-state index contributed by atoms with van der Waals surface area (Å²) in [5, 5.41) is 13.9. The Morgan fingerprint density at radius 2 is 1.97 bits per heavy atom. The van der Waals surface area contributed by atoms with Crippen LogP contribution in [0.5, 0.6) is 5.75 Å². The van der Waals surface area contributed by atoms with Gasteiger partial charge in [0.2, 0.25) is 0 Å². The number of ether oxygens (including phenoxy) is 2. The predicted octanol–water partition coefficient (Wildman–Crippen LogP) is 3.94. The topological polar surface area (TPSA) is 93.9 Å². The van der Waals surface area contributed by atoms with Gasteiger partial charge in [-0.2, -0.15) is 8.78 Å². The number of morpholine rings is 1. The van der Waals surface area contributed by atoms with Crippen molar-refractivity contribution in [1.29, 1.82) is 0 Å². The van der Waals surface area contributed by atoms with E-state index in [1.54, 1.807) is 0 Å². The number of nitrogens with zero attached hydrogens (tertiary/aromatic N) is 2. The monoisotopic (exact) mass is 427 g/mol. The predicted molar refractivity (Wildman–Crippen MR) is 102 cm³/mol. The molecule has 1 aliphatic heterocycles. The molecule has 0 radical (unpaired) electrons. The van der Waals surface area contributed by atoms with E-state index in [1.165, 1.54) is 36.4 Å². The zero-order chi connectivity index (χ0) is 21.0. The third kappa shape index (κ3) is 5.09. The van der Waals surface area contributed by atoms with Gasteiger partial charge in [0.05, 0.1) is 23.2 Å². The molecule has 0 aromatic heterocycles. The van der Waals surface area contributed by atoms with E-state index in [2.05, 4.69) is 10.1 Å². The molecule has 11 heteroatoms. The van der Waals surface area contributed by atoms with Gasteiger partial charge in [-0.25, -0.2) is 0 Å². The Morgan fingerprint density at radius 1 is 1.24 bits per heavy atom. The summed E-state index contributed by atoms with van der Waals surface area (Å²) in [6, 6.07) is 7.95. The number of hydrogen-bond donors (Lipinski definition) is 1. The van der Waals surface area contributed by atoms with Crippen LogP contribution in [-0.2, 0) is 4.74 Å². The summed E-state index contributed by atoms with van der Waals surface area (Å²) < 4.78 is 34.1. The first-order chi connectivity index (χ1) is 13.8. The maximum atomic E-state index is 12.5. The standard InChI is InChI=1S/C18H16ClF2N3O5/c19-13-10-12(2-4-16(13)29-18(20)21)22-17(25)11-1-3-14(15(9-11)24(26)27)23-5-7-28-8-6-23/h1-4,9-10,18H,5-8H2,(H,22,25). The highest BCUT2D eigenvalue weighted by Crippen LogP contribution is 2.31. The average molecular weight is 428 g/mol. The van der Waals surface area contributed by atoms with Crippen molar-refractivity contribution in [2.45, 2.75) is 6.61 Å². The van der Waals surface area contributed by atoms with Gasteiger partial charge in [-0.1, -0.05) is 11.6 Å². The Bertz CT molecular complexity index is 922.